The van der Waals surface area contributed by atoms with Gasteiger partial charge < -0.3 is 9.53 Å². The van der Waals surface area contributed by atoms with Crippen molar-refractivity contribution in [2.75, 3.05) is 0 Å². The summed E-state index contributed by atoms with van der Waals surface area (Å²) in [4.78, 5) is 0. The first-order valence-electron chi connectivity index (χ1n) is 8.28. The van der Waals surface area contributed by atoms with Crippen LogP contribution in [0.4, 0.5) is 0 Å². The van der Waals surface area contributed by atoms with E-state index in [1.165, 1.54) is 16.7 Å². The van der Waals surface area contributed by atoms with Crippen molar-refractivity contribution >= 4 is 8.32 Å². The van der Waals surface area contributed by atoms with Crippen molar-refractivity contribution in [1.29, 1.82) is 0 Å². The summed E-state index contributed by atoms with van der Waals surface area (Å²) in [6.07, 6.45) is 1.62. The molecule has 3 heteroatoms. The van der Waals surface area contributed by atoms with Crippen LogP contribution in [-0.4, -0.2) is 13.4 Å². The van der Waals surface area contributed by atoms with Crippen LogP contribution in [0.5, 0.6) is 11.5 Å². The Bertz CT molecular complexity index is 742. The van der Waals surface area contributed by atoms with Crippen LogP contribution in [0.1, 0.15) is 43.0 Å². The molecule has 2 aromatic rings. The lowest BCUT2D eigenvalue weighted by Crippen LogP contribution is -2.44. The molecule has 0 aliphatic heterocycles. The van der Waals surface area contributed by atoms with E-state index >= 15 is 0 Å². The maximum Gasteiger partial charge on any atom is 0.250 e. The van der Waals surface area contributed by atoms with Crippen LogP contribution in [0.15, 0.2) is 36.4 Å². The first-order chi connectivity index (χ1) is 10.7. The van der Waals surface area contributed by atoms with E-state index in [2.05, 4.69) is 58.1 Å². The molecule has 0 fully saturated rings. The maximum absolute atomic E-state index is 10.2. The fraction of sp³-hybridized carbons (Fsp3) is 0.400. The minimum atomic E-state index is -1.87. The molecule has 0 saturated heterocycles. The van der Waals surface area contributed by atoms with Gasteiger partial charge in [-0.3, -0.25) is 0 Å². The Morgan fingerprint density at radius 3 is 2.17 bits per heavy atom. The predicted octanol–water partition coefficient (Wildman–Crippen LogP) is 5.27. The number of hydrogen-bond acceptors (Lipinski definition) is 2. The van der Waals surface area contributed by atoms with Gasteiger partial charge in [0.2, 0.25) is 8.32 Å². The van der Waals surface area contributed by atoms with Gasteiger partial charge in [-0.2, -0.15) is 0 Å². The van der Waals surface area contributed by atoms with E-state index in [9.17, 15) is 5.11 Å². The molecule has 1 N–H and O–H groups in total. The second kappa shape index (κ2) is 5.41. The summed E-state index contributed by atoms with van der Waals surface area (Å²) in [5.41, 5.74) is 4.83. The predicted molar refractivity (Wildman–Crippen MR) is 98.0 cm³/mol. The van der Waals surface area contributed by atoms with Crippen molar-refractivity contribution in [2.45, 2.75) is 51.7 Å². The molecule has 0 unspecified atom stereocenters. The smallest absolute Gasteiger partial charge is 0.250 e. The highest BCUT2D eigenvalue weighted by molar-refractivity contribution is 6.74. The van der Waals surface area contributed by atoms with Crippen molar-refractivity contribution in [3.05, 3.63) is 58.7 Å². The van der Waals surface area contributed by atoms with Crippen LogP contribution in [0, 0.1) is 0 Å². The quantitative estimate of drug-likeness (QED) is 0.650. The molecule has 0 atom stereocenters. The highest BCUT2D eigenvalue weighted by Gasteiger charge is 2.39. The van der Waals surface area contributed by atoms with Gasteiger partial charge in [-0.25, -0.2) is 0 Å². The molecule has 2 nitrogen and oxygen atoms in total. The molecule has 0 radical (unpaired) electrons. The Morgan fingerprint density at radius 1 is 0.913 bits per heavy atom. The Hall–Kier alpha value is -1.74. The molecule has 2 aromatic carbocycles. The van der Waals surface area contributed by atoms with E-state index in [-0.39, 0.29) is 5.04 Å². The molecule has 0 spiro atoms. The molecule has 0 bridgehead atoms. The van der Waals surface area contributed by atoms with Gasteiger partial charge in [0.25, 0.3) is 0 Å². The summed E-state index contributed by atoms with van der Waals surface area (Å²) < 4.78 is 6.58. The van der Waals surface area contributed by atoms with Crippen LogP contribution in [0.2, 0.25) is 18.1 Å². The first-order valence-corrected chi connectivity index (χ1v) is 11.2. The fourth-order valence-electron chi connectivity index (χ4n) is 2.87. The van der Waals surface area contributed by atoms with Crippen molar-refractivity contribution < 1.29 is 9.53 Å². The van der Waals surface area contributed by atoms with Crippen molar-refractivity contribution in [2.24, 2.45) is 0 Å². The van der Waals surface area contributed by atoms with Crippen LogP contribution >= 0.6 is 0 Å². The summed E-state index contributed by atoms with van der Waals surface area (Å²) >= 11 is 0. The third-order valence-electron chi connectivity index (χ3n) is 5.38. The van der Waals surface area contributed by atoms with Crippen molar-refractivity contribution in [1.82, 2.24) is 0 Å². The Labute approximate surface area is 140 Å². The normalized spacial score (nSPS) is 14.1. The average Bonchev–Trinajstić information content (AvgIpc) is 2.45. The van der Waals surface area contributed by atoms with Crippen LogP contribution in [-0.2, 0) is 12.8 Å². The van der Waals surface area contributed by atoms with E-state index in [1.807, 2.05) is 6.07 Å². The Kier molecular flexibility index (Phi) is 3.79. The second-order valence-electron chi connectivity index (χ2n) is 8.02. The molecule has 0 amide bonds. The number of hydrogen-bond donors (Lipinski definition) is 1. The lowest BCUT2D eigenvalue weighted by molar-refractivity contribution is 0.465. The highest BCUT2D eigenvalue weighted by Crippen LogP contribution is 2.41. The summed E-state index contributed by atoms with van der Waals surface area (Å²) in [7, 11) is -1.87. The monoisotopic (exact) mass is 326 g/mol. The Morgan fingerprint density at radius 2 is 1.52 bits per heavy atom. The molecule has 3 rings (SSSR count). The lowest BCUT2D eigenvalue weighted by Gasteiger charge is -2.37. The molecule has 0 aromatic heterocycles. The number of phenols is 1. The largest absolute Gasteiger partial charge is 0.543 e. The summed E-state index contributed by atoms with van der Waals surface area (Å²) in [5, 5.41) is 10.4. The lowest BCUT2D eigenvalue weighted by atomic mass is 9.85. The minimum absolute atomic E-state index is 0.171. The summed E-state index contributed by atoms with van der Waals surface area (Å²) in [6, 6.07) is 12.2. The zero-order valence-corrected chi connectivity index (χ0v) is 15.7. The molecule has 122 valence electrons. The maximum atomic E-state index is 10.2. The minimum Gasteiger partial charge on any atom is -0.543 e. The number of fused-ring (bicyclic) bond motifs is 2. The average molecular weight is 327 g/mol. The third kappa shape index (κ3) is 2.90. The van der Waals surface area contributed by atoms with Gasteiger partial charge in [-0.15, -0.1) is 0 Å². The third-order valence-corrected chi connectivity index (χ3v) is 9.73. The van der Waals surface area contributed by atoms with Gasteiger partial charge >= 0.3 is 0 Å². The van der Waals surface area contributed by atoms with Gasteiger partial charge in [-0.1, -0.05) is 45.0 Å². The molecular weight excluding hydrogens is 300 g/mol. The summed E-state index contributed by atoms with van der Waals surface area (Å²) in [5.74, 6) is 1.40. The van der Waals surface area contributed by atoms with Gasteiger partial charge in [0.1, 0.15) is 11.5 Å². The number of benzene rings is 2. The van der Waals surface area contributed by atoms with Gasteiger partial charge in [-0.05, 0) is 47.8 Å². The summed E-state index contributed by atoms with van der Waals surface area (Å²) in [6.45, 7) is 11.3. The van der Waals surface area contributed by atoms with Gasteiger partial charge in [0.05, 0.1) is 0 Å². The molecule has 0 heterocycles. The topological polar surface area (TPSA) is 29.5 Å². The zero-order chi connectivity index (χ0) is 16.8. The van der Waals surface area contributed by atoms with E-state index in [1.54, 1.807) is 6.07 Å². The van der Waals surface area contributed by atoms with Crippen LogP contribution in [0.3, 0.4) is 0 Å². The molecule has 1 aliphatic rings. The highest BCUT2D eigenvalue weighted by atomic mass is 28.4. The molecule has 1 aliphatic carbocycles. The van der Waals surface area contributed by atoms with Crippen LogP contribution in [0.25, 0.3) is 0 Å². The SMILES string of the molecule is CC(C)(C)[Si](C)(C)Oc1cccc2c1Cc1c(O)cccc1C2. The standard InChI is InChI=1S/C20H26O2Si/c1-20(2,3)23(4,5)22-19-11-7-9-15-12-14-8-6-10-18(21)16(14)13-17(15)19/h6-11,21H,12-13H2,1-5H3. The van der Waals surface area contributed by atoms with Gasteiger partial charge in [0.15, 0.2) is 0 Å². The van der Waals surface area contributed by atoms with Gasteiger partial charge in [0, 0.05) is 17.5 Å². The van der Waals surface area contributed by atoms with E-state index in [0.717, 1.165) is 24.2 Å². The number of phenolic OH excluding ortho intramolecular Hbond substituents is 1. The fourth-order valence-corrected chi connectivity index (χ4v) is 3.92. The Balaban J connectivity index is 2.00. The molecule has 0 saturated carbocycles. The number of aromatic hydroxyl groups is 1. The van der Waals surface area contributed by atoms with Crippen molar-refractivity contribution in [3.8, 4) is 11.5 Å². The van der Waals surface area contributed by atoms with E-state index < -0.39 is 8.32 Å². The zero-order valence-electron chi connectivity index (χ0n) is 14.7. The van der Waals surface area contributed by atoms with Crippen LogP contribution < -0.4 is 4.43 Å². The van der Waals surface area contributed by atoms with E-state index in [0.29, 0.717) is 5.75 Å². The van der Waals surface area contributed by atoms with E-state index in [4.69, 9.17) is 4.43 Å². The van der Waals surface area contributed by atoms with Crippen molar-refractivity contribution in [3.63, 3.8) is 0 Å². The number of rotatable bonds is 2. The first kappa shape index (κ1) is 16.1. The molecular formula is C20H26O2Si. The second-order valence-corrected chi connectivity index (χ2v) is 12.7. The molecule has 23 heavy (non-hydrogen) atoms.